The molecule has 2 aromatic rings. The number of amides is 1. The Hall–Kier alpha value is -2.27. The maximum Gasteiger partial charge on any atom is 0.272 e. The third kappa shape index (κ3) is 3.68. The summed E-state index contributed by atoms with van der Waals surface area (Å²) in [5.74, 6) is 0.848. The van der Waals surface area contributed by atoms with Gasteiger partial charge in [-0.25, -0.2) is 4.39 Å². The highest BCUT2D eigenvalue weighted by molar-refractivity contribution is 5.92. The molecule has 3 fully saturated rings. The van der Waals surface area contributed by atoms with Gasteiger partial charge in [0.25, 0.3) is 5.91 Å². The molecule has 3 aliphatic heterocycles. The molecule has 4 heterocycles. The molecule has 29 heavy (non-hydrogen) atoms. The van der Waals surface area contributed by atoms with Crippen LogP contribution in [0.5, 0.6) is 0 Å². The van der Waals surface area contributed by atoms with Gasteiger partial charge < -0.3 is 4.90 Å². The molecule has 5 heteroatoms. The second-order valence-electron chi connectivity index (χ2n) is 8.88. The van der Waals surface area contributed by atoms with Crippen LogP contribution in [-0.4, -0.2) is 52.4 Å². The molecule has 3 saturated heterocycles. The van der Waals surface area contributed by atoms with E-state index in [0.717, 1.165) is 31.6 Å². The van der Waals surface area contributed by atoms with Crippen molar-refractivity contribution in [1.29, 1.82) is 0 Å². The average Bonchev–Trinajstić information content (AvgIpc) is 2.77. The van der Waals surface area contributed by atoms with Gasteiger partial charge in [-0.05, 0) is 73.9 Å². The van der Waals surface area contributed by atoms with Crippen molar-refractivity contribution in [2.24, 2.45) is 11.8 Å². The van der Waals surface area contributed by atoms with Gasteiger partial charge >= 0.3 is 0 Å². The zero-order chi connectivity index (χ0) is 19.8. The molecule has 0 aliphatic carbocycles. The Labute approximate surface area is 171 Å². The van der Waals surface area contributed by atoms with Crippen LogP contribution in [0, 0.1) is 17.7 Å². The highest BCUT2D eigenvalue weighted by Gasteiger charge is 2.47. The van der Waals surface area contributed by atoms with Gasteiger partial charge in [-0.1, -0.05) is 24.6 Å². The molecule has 0 radical (unpaired) electrons. The first-order valence-electron chi connectivity index (χ1n) is 10.9. The number of likely N-dealkylation sites (tertiary alicyclic amines) is 1. The van der Waals surface area contributed by atoms with Gasteiger partial charge in [-0.3, -0.25) is 14.7 Å². The monoisotopic (exact) mass is 393 g/mol. The Kier molecular flexibility index (Phi) is 5.08. The van der Waals surface area contributed by atoms with Crippen LogP contribution in [-0.2, 0) is 6.42 Å². The smallest absolute Gasteiger partial charge is 0.272 e. The minimum Gasteiger partial charge on any atom is -0.337 e. The summed E-state index contributed by atoms with van der Waals surface area (Å²) in [7, 11) is 0. The predicted octanol–water partition coefficient (Wildman–Crippen LogP) is 3.78. The van der Waals surface area contributed by atoms with E-state index in [-0.39, 0.29) is 11.7 Å². The van der Waals surface area contributed by atoms with Crippen LogP contribution in [0.25, 0.3) is 0 Å². The van der Waals surface area contributed by atoms with Crippen molar-refractivity contribution in [1.82, 2.24) is 14.8 Å². The van der Waals surface area contributed by atoms with Crippen molar-refractivity contribution in [2.75, 3.05) is 19.6 Å². The lowest BCUT2D eigenvalue weighted by atomic mass is 9.71. The summed E-state index contributed by atoms with van der Waals surface area (Å²) in [5, 5.41) is 0. The molecule has 0 N–H and O–H groups in total. The van der Waals surface area contributed by atoms with Crippen LogP contribution in [0.1, 0.15) is 41.7 Å². The van der Waals surface area contributed by atoms with Gasteiger partial charge in [-0.2, -0.15) is 0 Å². The number of halogens is 1. The first-order valence-corrected chi connectivity index (χ1v) is 10.9. The number of piperidine rings is 3. The molecule has 5 rings (SSSR count). The number of fused-ring (bicyclic) bond motifs is 4. The quantitative estimate of drug-likeness (QED) is 0.796. The number of rotatable bonds is 3. The zero-order valence-electron chi connectivity index (χ0n) is 16.7. The second-order valence-corrected chi connectivity index (χ2v) is 8.88. The molecule has 2 bridgehead atoms. The molecular formula is C24H28FN3O. The Morgan fingerprint density at radius 2 is 2.00 bits per heavy atom. The van der Waals surface area contributed by atoms with Gasteiger partial charge in [0.05, 0.1) is 0 Å². The molecule has 0 unspecified atom stereocenters. The largest absolute Gasteiger partial charge is 0.337 e. The van der Waals surface area contributed by atoms with E-state index in [9.17, 15) is 9.18 Å². The summed E-state index contributed by atoms with van der Waals surface area (Å²) in [6.07, 6.45) is 7.44. The van der Waals surface area contributed by atoms with Gasteiger partial charge in [0, 0.05) is 31.4 Å². The van der Waals surface area contributed by atoms with Crippen molar-refractivity contribution in [3.8, 4) is 0 Å². The maximum absolute atomic E-state index is 13.8. The Balaban J connectivity index is 1.41. The molecule has 1 aromatic carbocycles. The van der Waals surface area contributed by atoms with E-state index >= 15 is 0 Å². The number of pyridine rings is 1. The molecule has 1 amide bonds. The lowest BCUT2D eigenvalue weighted by molar-refractivity contribution is -0.0643. The SMILES string of the molecule is O=C(c1ccccn1)N1C[C@H]2C[C@@H](C1)[C@H](Cc1cccc(F)c1)N1CCCC[C@@H]21. The number of hydrogen-bond donors (Lipinski definition) is 0. The van der Waals surface area contributed by atoms with E-state index in [1.807, 2.05) is 35.2 Å². The number of aromatic nitrogens is 1. The molecule has 0 saturated carbocycles. The van der Waals surface area contributed by atoms with E-state index in [4.69, 9.17) is 0 Å². The molecule has 152 valence electrons. The Morgan fingerprint density at radius 3 is 2.83 bits per heavy atom. The third-order valence-corrected chi connectivity index (χ3v) is 7.13. The number of nitrogens with zero attached hydrogens (tertiary/aromatic N) is 3. The molecule has 4 atom stereocenters. The Bertz CT molecular complexity index is 873. The fraction of sp³-hybridized carbons (Fsp3) is 0.500. The normalized spacial score (nSPS) is 29.3. The molecule has 0 spiro atoms. The lowest BCUT2D eigenvalue weighted by Crippen LogP contribution is -2.64. The topological polar surface area (TPSA) is 36.4 Å². The highest BCUT2D eigenvalue weighted by atomic mass is 19.1. The molecule has 3 aliphatic rings. The predicted molar refractivity (Wildman–Crippen MR) is 110 cm³/mol. The van der Waals surface area contributed by atoms with Gasteiger partial charge in [0.1, 0.15) is 11.5 Å². The number of carbonyl (C=O) groups is 1. The van der Waals surface area contributed by atoms with Crippen LogP contribution < -0.4 is 0 Å². The van der Waals surface area contributed by atoms with Crippen molar-refractivity contribution < 1.29 is 9.18 Å². The standard InChI is InChI=1S/C24H28FN3O/c25-20-7-5-6-17(12-20)13-23-19-14-18(22-9-2-4-11-28(22)23)15-27(16-19)24(29)21-8-1-3-10-26-21/h1,3,5-8,10,12,18-19,22-23H,2,4,9,11,13-16H2/t18-,19+,22+,23+/m1/s1. The van der Waals surface area contributed by atoms with E-state index in [2.05, 4.69) is 9.88 Å². The van der Waals surface area contributed by atoms with Crippen molar-refractivity contribution in [3.63, 3.8) is 0 Å². The van der Waals surface area contributed by atoms with Gasteiger partial charge in [-0.15, -0.1) is 0 Å². The van der Waals surface area contributed by atoms with Gasteiger partial charge in [0.15, 0.2) is 0 Å². The summed E-state index contributed by atoms with van der Waals surface area (Å²) < 4.78 is 13.8. The fourth-order valence-corrected chi connectivity index (χ4v) is 5.91. The summed E-state index contributed by atoms with van der Waals surface area (Å²) in [6, 6.07) is 13.5. The number of hydrogen-bond acceptors (Lipinski definition) is 3. The molecule has 1 aromatic heterocycles. The summed E-state index contributed by atoms with van der Waals surface area (Å²) >= 11 is 0. The van der Waals surface area contributed by atoms with Crippen LogP contribution in [0.4, 0.5) is 4.39 Å². The minimum absolute atomic E-state index is 0.0501. The fourth-order valence-electron chi connectivity index (χ4n) is 5.91. The Morgan fingerprint density at radius 1 is 1.10 bits per heavy atom. The summed E-state index contributed by atoms with van der Waals surface area (Å²) in [4.78, 5) is 22.1. The van der Waals surface area contributed by atoms with Crippen LogP contribution >= 0.6 is 0 Å². The average molecular weight is 394 g/mol. The van der Waals surface area contributed by atoms with E-state index < -0.39 is 0 Å². The van der Waals surface area contributed by atoms with Crippen molar-refractivity contribution in [2.45, 2.75) is 44.2 Å². The summed E-state index contributed by atoms with van der Waals surface area (Å²) in [6.45, 7) is 2.74. The maximum atomic E-state index is 13.8. The first-order chi connectivity index (χ1) is 14.2. The van der Waals surface area contributed by atoms with Crippen LogP contribution in [0.15, 0.2) is 48.7 Å². The minimum atomic E-state index is -0.165. The first kappa shape index (κ1) is 18.7. The van der Waals surface area contributed by atoms with Crippen molar-refractivity contribution in [3.05, 3.63) is 65.7 Å². The molecule has 4 nitrogen and oxygen atoms in total. The number of carbonyl (C=O) groups excluding carboxylic acids is 1. The number of benzene rings is 1. The molecular weight excluding hydrogens is 365 g/mol. The van der Waals surface area contributed by atoms with Crippen LogP contribution in [0.2, 0.25) is 0 Å². The van der Waals surface area contributed by atoms with Crippen molar-refractivity contribution >= 4 is 5.91 Å². The highest BCUT2D eigenvalue weighted by Crippen LogP contribution is 2.42. The van der Waals surface area contributed by atoms with E-state index in [1.54, 1.807) is 12.3 Å². The van der Waals surface area contributed by atoms with Gasteiger partial charge in [0.2, 0.25) is 0 Å². The lowest BCUT2D eigenvalue weighted by Gasteiger charge is -2.57. The third-order valence-electron chi connectivity index (χ3n) is 7.13. The van der Waals surface area contributed by atoms with E-state index in [0.29, 0.717) is 29.6 Å². The second kappa shape index (κ2) is 7.86. The summed E-state index contributed by atoms with van der Waals surface area (Å²) in [5.41, 5.74) is 1.60. The van der Waals surface area contributed by atoms with E-state index in [1.165, 1.54) is 31.7 Å². The van der Waals surface area contributed by atoms with Crippen LogP contribution in [0.3, 0.4) is 0 Å². The zero-order valence-corrected chi connectivity index (χ0v) is 16.7.